The molecule has 7 N–H and O–H groups in total. The van der Waals surface area contributed by atoms with Crippen molar-refractivity contribution in [1.82, 2.24) is 25.9 Å². The Morgan fingerprint density at radius 2 is 1.75 bits per heavy atom. The van der Waals surface area contributed by atoms with Gasteiger partial charge in [-0.05, 0) is 24.5 Å². The summed E-state index contributed by atoms with van der Waals surface area (Å²) in [6.07, 6.45) is 3.27. The molecule has 2 aromatic rings. The summed E-state index contributed by atoms with van der Waals surface area (Å²) in [4.78, 5) is 55.4. The fraction of sp³-hybridized carbons (Fsp3) is 0.381. The number of aliphatic carboxylic acids is 1. The first-order valence-electron chi connectivity index (χ1n) is 9.89. The smallest absolute Gasteiger partial charge is 0.326 e. The number of hydrogen-bond donors (Lipinski definition) is 5. The SMILES string of the molecule is CC(C)C[C@@H](NC(=O)[C@@H](Cc1cnc[nH]1)NC(=O)CNC(=O)c1ccccc1)C(=O)O.O. The van der Waals surface area contributed by atoms with Crippen LogP contribution in [0.2, 0.25) is 0 Å². The van der Waals surface area contributed by atoms with E-state index in [1.807, 2.05) is 13.8 Å². The van der Waals surface area contributed by atoms with Gasteiger partial charge in [0.1, 0.15) is 12.1 Å². The summed E-state index contributed by atoms with van der Waals surface area (Å²) in [6, 6.07) is 6.28. The van der Waals surface area contributed by atoms with Gasteiger partial charge in [-0.3, -0.25) is 14.4 Å². The summed E-state index contributed by atoms with van der Waals surface area (Å²) < 4.78 is 0. The van der Waals surface area contributed by atoms with Gasteiger partial charge in [0.2, 0.25) is 11.8 Å². The van der Waals surface area contributed by atoms with Crippen molar-refractivity contribution in [3.8, 4) is 0 Å². The van der Waals surface area contributed by atoms with Crippen molar-refractivity contribution >= 4 is 23.7 Å². The molecule has 0 fully saturated rings. The number of amides is 3. The Morgan fingerprint density at radius 1 is 1.06 bits per heavy atom. The zero-order chi connectivity index (χ0) is 22.8. The average molecular weight is 447 g/mol. The molecule has 0 aliphatic rings. The summed E-state index contributed by atoms with van der Waals surface area (Å²) >= 11 is 0. The van der Waals surface area contributed by atoms with Crippen LogP contribution in [-0.4, -0.2) is 62.9 Å². The predicted octanol–water partition coefficient (Wildman–Crippen LogP) is -0.342. The van der Waals surface area contributed by atoms with E-state index in [0.717, 1.165) is 0 Å². The fourth-order valence-electron chi connectivity index (χ4n) is 2.89. The predicted molar refractivity (Wildman–Crippen MR) is 116 cm³/mol. The third kappa shape index (κ3) is 8.56. The van der Waals surface area contributed by atoms with E-state index >= 15 is 0 Å². The van der Waals surface area contributed by atoms with Crippen LogP contribution in [0.5, 0.6) is 0 Å². The number of aromatic nitrogens is 2. The largest absolute Gasteiger partial charge is 0.480 e. The fourth-order valence-corrected chi connectivity index (χ4v) is 2.89. The van der Waals surface area contributed by atoms with E-state index in [0.29, 0.717) is 11.3 Å². The first kappa shape index (κ1) is 26.3. The van der Waals surface area contributed by atoms with Crippen LogP contribution in [0.25, 0.3) is 0 Å². The van der Waals surface area contributed by atoms with Crippen molar-refractivity contribution in [2.75, 3.05) is 6.54 Å². The van der Waals surface area contributed by atoms with Gasteiger partial charge >= 0.3 is 5.97 Å². The lowest BCUT2D eigenvalue weighted by Crippen LogP contribution is -2.54. The van der Waals surface area contributed by atoms with Crippen molar-refractivity contribution in [1.29, 1.82) is 0 Å². The van der Waals surface area contributed by atoms with Crippen LogP contribution in [0.15, 0.2) is 42.9 Å². The molecule has 3 amide bonds. The molecule has 0 saturated heterocycles. The molecule has 11 nitrogen and oxygen atoms in total. The molecule has 2 rings (SSSR count). The molecule has 32 heavy (non-hydrogen) atoms. The minimum absolute atomic E-state index is 0. The number of nitrogens with zero attached hydrogens (tertiary/aromatic N) is 1. The number of H-pyrrole nitrogens is 1. The molecule has 1 aromatic carbocycles. The van der Waals surface area contributed by atoms with Gasteiger partial charge in [0.25, 0.3) is 5.91 Å². The van der Waals surface area contributed by atoms with Crippen LogP contribution >= 0.6 is 0 Å². The number of carbonyl (C=O) groups is 4. The van der Waals surface area contributed by atoms with Crippen molar-refractivity contribution < 1.29 is 29.8 Å². The van der Waals surface area contributed by atoms with E-state index in [9.17, 15) is 24.3 Å². The number of nitrogens with one attached hydrogen (secondary N) is 4. The molecule has 0 bridgehead atoms. The molecule has 0 radical (unpaired) electrons. The molecule has 2 atom stereocenters. The Morgan fingerprint density at radius 3 is 2.31 bits per heavy atom. The molecule has 1 heterocycles. The van der Waals surface area contributed by atoms with E-state index in [2.05, 4.69) is 25.9 Å². The topological polar surface area (TPSA) is 185 Å². The van der Waals surface area contributed by atoms with Gasteiger partial charge in [0, 0.05) is 23.9 Å². The van der Waals surface area contributed by atoms with Crippen LogP contribution in [0.4, 0.5) is 0 Å². The average Bonchev–Trinajstić information content (AvgIpc) is 3.24. The number of carbonyl (C=O) groups excluding carboxylic acids is 3. The van der Waals surface area contributed by atoms with Gasteiger partial charge in [-0.2, -0.15) is 0 Å². The van der Waals surface area contributed by atoms with Gasteiger partial charge < -0.3 is 31.5 Å². The minimum Gasteiger partial charge on any atom is -0.480 e. The van der Waals surface area contributed by atoms with Gasteiger partial charge in [0.15, 0.2) is 0 Å². The number of rotatable bonds is 11. The van der Waals surface area contributed by atoms with E-state index < -0.39 is 35.8 Å². The monoisotopic (exact) mass is 447 g/mol. The Bertz CT molecular complexity index is 885. The van der Waals surface area contributed by atoms with Gasteiger partial charge in [-0.25, -0.2) is 9.78 Å². The normalized spacial score (nSPS) is 12.2. The molecule has 1 aromatic heterocycles. The summed E-state index contributed by atoms with van der Waals surface area (Å²) in [5, 5.41) is 16.9. The molecule has 0 aliphatic carbocycles. The maximum Gasteiger partial charge on any atom is 0.326 e. The van der Waals surface area contributed by atoms with Crippen molar-refractivity contribution in [2.45, 2.75) is 38.8 Å². The highest BCUT2D eigenvalue weighted by atomic mass is 16.4. The number of carboxylic acids is 1. The first-order valence-corrected chi connectivity index (χ1v) is 9.89. The Kier molecular flexibility index (Phi) is 10.6. The van der Waals surface area contributed by atoms with E-state index in [4.69, 9.17) is 0 Å². The Labute approximate surface area is 185 Å². The molecule has 0 saturated carbocycles. The lowest BCUT2D eigenvalue weighted by molar-refractivity contribution is -0.142. The number of carboxylic acid groups (broad SMARTS) is 1. The van der Waals surface area contributed by atoms with Crippen LogP contribution in [0.3, 0.4) is 0 Å². The zero-order valence-electron chi connectivity index (χ0n) is 17.9. The maximum atomic E-state index is 12.8. The van der Waals surface area contributed by atoms with Crippen molar-refractivity contribution in [2.24, 2.45) is 5.92 Å². The highest BCUT2D eigenvalue weighted by Gasteiger charge is 2.27. The Hall–Kier alpha value is -3.73. The summed E-state index contributed by atoms with van der Waals surface area (Å²) in [6.45, 7) is 3.36. The molecule has 0 unspecified atom stereocenters. The number of hydrogen-bond acceptors (Lipinski definition) is 5. The number of aromatic amines is 1. The van der Waals surface area contributed by atoms with E-state index in [1.54, 1.807) is 30.3 Å². The van der Waals surface area contributed by atoms with Crippen LogP contribution in [0, 0.1) is 5.92 Å². The second-order valence-corrected chi connectivity index (χ2v) is 7.48. The highest BCUT2D eigenvalue weighted by molar-refractivity contribution is 5.97. The third-order valence-corrected chi connectivity index (χ3v) is 4.40. The summed E-state index contributed by atoms with van der Waals surface area (Å²) in [5.74, 6) is -2.74. The molecule has 0 spiro atoms. The second-order valence-electron chi connectivity index (χ2n) is 7.48. The molecule has 11 heteroatoms. The second kappa shape index (κ2) is 12.8. The Balaban J connectivity index is 0.00000512. The number of imidazole rings is 1. The van der Waals surface area contributed by atoms with Gasteiger partial charge in [0.05, 0.1) is 12.9 Å². The molecule has 174 valence electrons. The summed E-state index contributed by atoms with van der Waals surface area (Å²) in [7, 11) is 0. The maximum absolute atomic E-state index is 12.8. The standard InChI is InChI=1S/C21H27N5O5.H2O/c1-13(2)8-17(21(30)31)26-20(29)16(9-15-10-22-12-24-15)25-18(27)11-23-19(28)14-6-4-3-5-7-14;/h3-7,10,12-13,16-17H,8-9,11H2,1-2H3,(H,22,24)(H,23,28)(H,25,27)(H,26,29)(H,30,31);1H2/t16-,17-;/m1./s1. The van der Waals surface area contributed by atoms with E-state index in [-0.39, 0.29) is 30.8 Å². The van der Waals surface area contributed by atoms with Crippen LogP contribution < -0.4 is 16.0 Å². The van der Waals surface area contributed by atoms with Crippen molar-refractivity contribution in [3.05, 3.63) is 54.1 Å². The number of benzene rings is 1. The summed E-state index contributed by atoms with van der Waals surface area (Å²) in [5.41, 5.74) is 0.990. The van der Waals surface area contributed by atoms with Crippen molar-refractivity contribution in [3.63, 3.8) is 0 Å². The third-order valence-electron chi connectivity index (χ3n) is 4.40. The lowest BCUT2D eigenvalue weighted by Gasteiger charge is -2.22. The first-order chi connectivity index (χ1) is 14.8. The zero-order valence-corrected chi connectivity index (χ0v) is 17.9. The lowest BCUT2D eigenvalue weighted by atomic mass is 10.0. The van der Waals surface area contributed by atoms with Gasteiger partial charge in [-0.1, -0.05) is 32.0 Å². The minimum atomic E-state index is -1.15. The molecule has 0 aliphatic heterocycles. The van der Waals surface area contributed by atoms with Crippen LogP contribution in [-0.2, 0) is 20.8 Å². The quantitative estimate of drug-likeness (QED) is 0.313. The van der Waals surface area contributed by atoms with Crippen LogP contribution in [0.1, 0.15) is 36.3 Å². The molecular formula is C21H29N5O6. The van der Waals surface area contributed by atoms with E-state index in [1.165, 1.54) is 12.5 Å². The highest BCUT2D eigenvalue weighted by Crippen LogP contribution is 2.07. The molecular weight excluding hydrogens is 418 g/mol. The van der Waals surface area contributed by atoms with Gasteiger partial charge in [-0.15, -0.1) is 0 Å².